The molecule has 1 atom stereocenters. The molecule has 0 aromatic carbocycles. The Labute approximate surface area is 119 Å². The maximum atomic E-state index is 12.2. The third-order valence-corrected chi connectivity index (χ3v) is 3.51. The molecule has 0 aromatic rings. The van der Waals surface area contributed by atoms with E-state index in [0.29, 0.717) is 32.7 Å². The Balaban J connectivity index is 2.56. The van der Waals surface area contributed by atoms with E-state index in [9.17, 15) is 14.7 Å². The van der Waals surface area contributed by atoms with Gasteiger partial charge in [-0.3, -0.25) is 14.5 Å². The fraction of sp³-hybridized carbons (Fsp3) is 0.846. The maximum absolute atomic E-state index is 12.2. The summed E-state index contributed by atoms with van der Waals surface area (Å²) < 4.78 is 5.20. The minimum atomic E-state index is -0.901. The molecule has 0 bridgehead atoms. The van der Waals surface area contributed by atoms with E-state index in [2.05, 4.69) is 0 Å². The Kier molecular flexibility index (Phi) is 7.50. The first-order valence-electron chi connectivity index (χ1n) is 7.00. The molecule has 20 heavy (non-hydrogen) atoms. The monoisotopic (exact) mass is 288 g/mol. The second kappa shape index (κ2) is 8.89. The Morgan fingerprint density at radius 3 is 2.50 bits per heavy atom. The molecule has 7 nitrogen and oxygen atoms in total. The zero-order valence-electron chi connectivity index (χ0n) is 12.0. The molecule has 1 fully saturated rings. The molecule has 0 saturated carbocycles. The van der Waals surface area contributed by atoms with E-state index in [1.54, 1.807) is 9.80 Å². The van der Waals surface area contributed by atoms with Gasteiger partial charge in [0.15, 0.2) is 0 Å². The highest BCUT2D eigenvalue weighted by atomic mass is 16.5. The molecule has 1 aliphatic heterocycles. The number of carboxylic acid groups (broad SMARTS) is 1. The number of nitrogens with zero attached hydrogens (tertiary/aromatic N) is 2. The summed E-state index contributed by atoms with van der Waals surface area (Å²) in [6, 6.07) is -0.181. The van der Waals surface area contributed by atoms with Gasteiger partial charge in [-0.25, -0.2) is 0 Å². The summed E-state index contributed by atoms with van der Waals surface area (Å²) in [6.45, 7) is 4.47. The summed E-state index contributed by atoms with van der Waals surface area (Å²) in [5.74, 6) is -0.938. The van der Waals surface area contributed by atoms with E-state index in [0.717, 1.165) is 0 Å². The number of carboxylic acids is 1. The SMILES string of the molecule is CCC(CO)N(CCC(=O)O)CC(=O)N1CCOCC1. The zero-order valence-corrected chi connectivity index (χ0v) is 12.0. The molecule has 1 saturated heterocycles. The van der Waals surface area contributed by atoms with Crippen molar-refractivity contribution in [1.82, 2.24) is 9.80 Å². The van der Waals surface area contributed by atoms with Gasteiger partial charge >= 0.3 is 5.97 Å². The summed E-state index contributed by atoms with van der Waals surface area (Å²) in [5, 5.41) is 18.1. The first-order valence-corrected chi connectivity index (χ1v) is 7.00. The Morgan fingerprint density at radius 2 is 2.00 bits per heavy atom. The van der Waals surface area contributed by atoms with Gasteiger partial charge in [0, 0.05) is 25.7 Å². The molecular weight excluding hydrogens is 264 g/mol. The van der Waals surface area contributed by atoms with Crippen molar-refractivity contribution in [3.63, 3.8) is 0 Å². The van der Waals surface area contributed by atoms with Gasteiger partial charge in [0.05, 0.1) is 32.8 Å². The molecule has 0 radical (unpaired) electrons. The molecule has 116 valence electrons. The van der Waals surface area contributed by atoms with Crippen molar-refractivity contribution in [1.29, 1.82) is 0 Å². The lowest BCUT2D eigenvalue weighted by Gasteiger charge is -2.33. The molecule has 1 unspecified atom stereocenters. The van der Waals surface area contributed by atoms with Crippen LogP contribution in [0.3, 0.4) is 0 Å². The molecule has 1 aliphatic rings. The predicted octanol–water partition coefficient (Wildman–Crippen LogP) is -0.607. The predicted molar refractivity (Wildman–Crippen MR) is 72.4 cm³/mol. The van der Waals surface area contributed by atoms with Gasteiger partial charge in [-0.05, 0) is 6.42 Å². The Morgan fingerprint density at radius 1 is 1.35 bits per heavy atom. The lowest BCUT2D eigenvalue weighted by molar-refractivity contribution is -0.140. The number of ether oxygens (including phenoxy) is 1. The van der Waals surface area contributed by atoms with E-state index in [1.807, 2.05) is 6.92 Å². The van der Waals surface area contributed by atoms with Gasteiger partial charge in [0.2, 0.25) is 5.91 Å². The average molecular weight is 288 g/mol. The van der Waals surface area contributed by atoms with E-state index >= 15 is 0 Å². The molecule has 0 aliphatic carbocycles. The van der Waals surface area contributed by atoms with Crippen LogP contribution in [0.1, 0.15) is 19.8 Å². The number of carbonyl (C=O) groups is 2. The summed E-state index contributed by atoms with van der Waals surface area (Å²) in [6.07, 6.45) is 0.638. The van der Waals surface area contributed by atoms with E-state index in [1.165, 1.54) is 0 Å². The lowest BCUT2D eigenvalue weighted by Crippen LogP contribution is -2.49. The number of aliphatic hydroxyl groups excluding tert-OH is 1. The second-order valence-corrected chi connectivity index (χ2v) is 4.85. The molecule has 2 N–H and O–H groups in total. The third kappa shape index (κ3) is 5.44. The Bertz CT molecular complexity index is 314. The number of carbonyl (C=O) groups excluding carboxylic acids is 1. The molecule has 0 aromatic heterocycles. The fourth-order valence-electron chi connectivity index (χ4n) is 2.22. The van der Waals surface area contributed by atoms with Crippen molar-refractivity contribution in [2.45, 2.75) is 25.8 Å². The number of aliphatic hydroxyl groups is 1. The van der Waals surface area contributed by atoms with Crippen molar-refractivity contribution >= 4 is 11.9 Å². The standard InChI is InChI=1S/C13H24N2O5/c1-2-11(10-16)15(4-3-13(18)19)9-12(17)14-5-7-20-8-6-14/h11,16H,2-10H2,1H3,(H,18,19). The minimum absolute atomic E-state index is 0.0348. The highest BCUT2D eigenvalue weighted by Crippen LogP contribution is 2.07. The minimum Gasteiger partial charge on any atom is -0.481 e. The smallest absolute Gasteiger partial charge is 0.304 e. The van der Waals surface area contributed by atoms with Crippen LogP contribution in [0.5, 0.6) is 0 Å². The van der Waals surface area contributed by atoms with Crippen molar-refractivity contribution in [3.05, 3.63) is 0 Å². The Hall–Kier alpha value is -1.18. The van der Waals surface area contributed by atoms with Crippen molar-refractivity contribution in [2.75, 3.05) is 46.0 Å². The van der Waals surface area contributed by atoms with E-state index in [4.69, 9.17) is 9.84 Å². The molecule has 1 heterocycles. The maximum Gasteiger partial charge on any atom is 0.304 e. The van der Waals surface area contributed by atoms with Crippen molar-refractivity contribution in [3.8, 4) is 0 Å². The topological polar surface area (TPSA) is 90.3 Å². The van der Waals surface area contributed by atoms with Gasteiger partial charge in [-0.1, -0.05) is 6.92 Å². The molecular formula is C13H24N2O5. The van der Waals surface area contributed by atoms with Gasteiger partial charge in [-0.2, -0.15) is 0 Å². The average Bonchev–Trinajstić information content (AvgIpc) is 2.46. The quantitative estimate of drug-likeness (QED) is 0.619. The normalized spacial score (nSPS) is 17.2. The highest BCUT2D eigenvalue weighted by molar-refractivity contribution is 5.78. The van der Waals surface area contributed by atoms with Gasteiger partial charge in [-0.15, -0.1) is 0 Å². The van der Waals surface area contributed by atoms with Crippen molar-refractivity contribution in [2.24, 2.45) is 0 Å². The molecule has 0 spiro atoms. The first kappa shape index (κ1) is 16.9. The van der Waals surface area contributed by atoms with Crippen molar-refractivity contribution < 1.29 is 24.5 Å². The van der Waals surface area contributed by atoms with Crippen LogP contribution >= 0.6 is 0 Å². The lowest BCUT2D eigenvalue weighted by atomic mass is 10.2. The molecule has 1 amide bonds. The van der Waals surface area contributed by atoms with Crippen LogP contribution in [0.4, 0.5) is 0 Å². The van der Waals surface area contributed by atoms with Gasteiger partial charge < -0.3 is 19.8 Å². The number of rotatable bonds is 8. The first-order chi connectivity index (χ1) is 9.58. The fourth-order valence-corrected chi connectivity index (χ4v) is 2.22. The third-order valence-electron chi connectivity index (χ3n) is 3.51. The van der Waals surface area contributed by atoms with Crippen LogP contribution in [-0.4, -0.2) is 83.9 Å². The summed E-state index contributed by atoms with van der Waals surface area (Å²) >= 11 is 0. The number of amides is 1. The number of aliphatic carboxylic acids is 1. The summed E-state index contributed by atoms with van der Waals surface area (Å²) in [4.78, 5) is 26.4. The van der Waals surface area contributed by atoms with Crippen LogP contribution in [-0.2, 0) is 14.3 Å². The number of hydrogen-bond donors (Lipinski definition) is 2. The number of morpholine rings is 1. The summed E-state index contributed by atoms with van der Waals surface area (Å²) in [5.41, 5.74) is 0. The van der Waals surface area contributed by atoms with E-state index < -0.39 is 5.97 Å². The zero-order chi connectivity index (χ0) is 15.0. The van der Waals surface area contributed by atoms with E-state index in [-0.39, 0.29) is 38.1 Å². The number of hydrogen-bond acceptors (Lipinski definition) is 5. The van der Waals surface area contributed by atoms with Crippen LogP contribution < -0.4 is 0 Å². The van der Waals surface area contributed by atoms with Crippen LogP contribution in [0, 0.1) is 0 Å². The summed E-state index contributed by atoms with van der Waals surface area (Å²) in [7, 11) is 0. The molecule has 7 heteroatoms. The van der Waals surface area contributed by atoms with Crippen LogP contribution in [0.15, 0.2) is 0 Å². The van der Waals surface area contributed by atoms with Gasteiger partial charge in [0.25, 0.3) is 0 Å². The van der Waals surface area contributed by atoms with Crippen LogP contribution in [0.25, 0.3) is 0 Å². The second-order valence-electron chi connectivity index (χ2n) is 4.85. The molecule has 1 rings (SSSR count). The van der Waals surface area contributed by atoms with Crippen LogP contribution in [0.2, 0.25) is 0 Å². The highest BCUT2D eigenvalue weighted by Gasteiger charge is 2.23. The largest absolute Gasteiger partial charge is 0.481 e. The van der Waals surface area contributed by atoms with Gasteiger partial charge in [0.1, 0.15) is 0 Å².